The molecule has 206 valence electrons. The number of anilines is 3. The standard InChI is InChI=1S/C29H17ClF3N9/c30-23-9-19(8-22-26(17(11-34)12-36-28(22)23)39-20-10-24(32)29(33)37-13-20)38-27(16-3-5-18(31)6-4-16)25-15-42(41-40-25)21-2-1-7-35-14-21/h1-10,12-15,27,38H,(H,36,39)/t27-/m0/s1. The van der Waals surface area contributed by atoms with Crippen molar-refractivity contribution in [2.45, 2.75) is 6.04 Å². The molecule has 0 aliphatic rings. The molecule has 0 amide bonds. The first kappa shape index (κ1) is 26.7. The van der Waals surface area contributed by atoms with E-state index in [9.17, 15) is 18.4 Å². The van der Waals surface area contributed by atoms with E-state index in [-0.39, 0.29) is 22.0 Å². The molecule has 6 rings (SSSR count). The molecule has 0 bridgehead atoms. The summed E-state index contributed by atoms with van der Waals surface area (Å²) in [4.78, 5) is 11.8. The van der Waals surface area contributed by atoms with Gasteiger partial charge < -0.3 is 10.6 Å². The van der Waals surface area contributed by atoms with Gasteiger partial charge in [0.25, 0.3) is 0 Å². The van der Waals surface area contributed by atoms with Gasteiger partial charge in [-0.2, -0.15) is 9.65 Å². The number of benzene rings is 2. The van der Waals surface area contributed by atoms with Gasteiger partial charge in [-0.3, -0.25) is 9.97 Å². The molecule has 9 nitrogen and oxygen atoms in total. The second kappa shape index (κ2) is 11.1. The quantitative estimate of drug-likeness (QED) is 0.205. The lowest BCUT2D eigenvalue weighted by molar-refractivity contribution is 0.480. The number of pyridine rings is 3. The molecule has 6 aromatic rings. The van der Waals surface area contributed by atoms with Gasteiger partial charge in [0.1, 0.15) is 17.6 Å². The minimum atomic E-state index is -1.25. The highest BCUT2D eigenvalue weighted by Gasteiger charge is 2.21. The summed E-state index contributed by atoms with van der Waals surface area (Å²) in [5, 5.41) is 25.3. The van der Waals surface area contributed by atoms with Crippen LogP contribution in [0.2, 0.25) is 5.02 Å². The van der Waals surface area contributed by atoms with E-state index >= 15 is 0 Å². The van der Waals surface area contributed by atoms with Crippen LogP contribution in [0, 0.1) is 28.9 Å². The van der Waals surface area contributed by atoms with Crippen molar-refractivity contribution in [1.82, 2.24) is 29.9 Å². The fraction of sp³-hybridized carbons (Fsp3) is 0.0345. The van der Waals surface area contributed by atoms with Crippen LogP contribution in [0.25, 0.3) is 16.6 Å². The maximum atomic E-state index is 13.9. The zero-order chi connectivity index (χ0) is 29.2. The summed E-state index contributed by atoms with van der Waals surface area (Å²) < 4.78 is 42.7. The molecular weight excluding hydrogens is 567 g/mol. The third kappa shape index (κ3) is 5.28. The molecule has 0 saturated carbocycles. The van der Waals surface area contributed by atoms with Crippen LogP contribution >= 0.6 is 11.6 Å². The molecule has 42 heavy (non-hydrogen) atoms. The van der Waals surface area contributed by atoms with Crippen molar-refractivity contribution in [1.29, 1.82) is 5.26 Å². The SMILES string of the molecule is N#Cc1cnc2c(Cl)cc(N[C@@H](c3ccc(F)cc3)c3cn(-c4cccnc4)nn3)cc2c1Nc1cnc(F)c(F)c1. The summed E-state index contributed by atoms with van der Waals surface area (Å²) in [5.41, 5.74) is 3.26. The van der Waals surface area contributed by atoms with E-state index in [1.807, 2.05) is 6.07 Å². The highest BCUT2D eigenvalue weighted by molar-refractivity contribution is 6.36. The monoisotopic (exact) mass is 583 g/mol. The fourth-order valence-corrected chi connectivity index (χ4v) is 4.64. The van der Waals surface area contributed by atoms with Crippen molar-refractivity contribution >= 4 is 39.6 Å². The number of halogens is 4. The summed E-state index contributed by atoms with van der Waals surface area (Å²) in [5.74, 6) is -2.80. The van der Waals surface area contributed by atoms with Crippen molar-refractivity contribution in [2.75, 3.05) is 10.6 Å². The molecule has 0 aliphatic heterocycles. The van der Waals surface area contributed by atoms with Gasteiger partial charge in [-0.1, -0.05) is 28.9 Å². The van der Waals surface area contributed by atoms with Crippen LogP contribution in [-0.4, -0.2) is 29.9 Å². The maximum absolute atomic E-state index is 13.9. The lowest BCUT2D eigenvalue weighted by Crippen LogP contribution is -2.13. The van der Waals surface area contributed by atoms with Crippen molar-refractivity contribution < 1.29 is 13.2 Å². The summed E-state index contributed by atoms with van der Waals surface area (Å²) in [6.07, 6.45) is 7.44. The Bertz CT molecular complexity index is 1960. The van der Waals surface area contributed by atoms with Crippen LogP contribution in [0.3, 0.4) is 0 Å². The van der Waals surface area contributed by atoms with Crippen LogP contribution in [0.4, 0.5) is 30.2 Å². The molecule has 4 aromatic heterocycles. The zero-order valence-corrected chi connectivity index (χ0v) is 22.1. The van der Waals surface area contributed by atoms with Gasteiger partial charge in [-0.05, 0) is 42.0 Å². The molecule has 4 heterocycles. The van der Waals surface area contributed by atoms with E-state index in [1.165, 1.54) is 18.3 Å². The smallest absolute Gasteiger partial charge is 0.249 e. The number of hydrogen-bond donors (Lipinski definition) is 2. The molecule has 1 atom stereocenters. The fourth-order valence-electron chi connectivity index (χ4n) is 4.37. The molecule has 2 N–H and O–H groups in total. The lowest BCUT2D eigenvalue weighted by atomic mass is 10.0. The van der Waals surface area contributed by atoms with Crippen molar-refractivity contribution in [3.63, 3.8) is 0 Å². The van der Waals surface area contributed by atoms with Crippen LogP contribution < -0.4 is 10.6 Å². The number of fused-ring (bicyclic) bond motifs is 1. The normalized spacial score (nSPS) is 11.7. The molecule has 0 radical (unpaired) electrons. The summed E-state index contributed by atoms with van der Waals surface area (Å²) in [7, 11) is 0. The van der Waals surface area contributed by atoms with Crippen molar-refractivity contribution in [3.8, 4) is 11.8 Å². The molecule has 0 aliphatic carbocycles. The number of rotatable bonds is 7. The van der Waals surface area contributed by atoms with Gasteiger partial charge in [0.2, 0.25) is 5.95 Å². The number of nitriles is 1. The molecule has 0 fully saturated rings. The average molecular weight is 584 g/mol. The Morgan fingerprint density at radius 2 is 1.79 bits per heavy atom. The molecule has 0 spiro atoms. The van der Waals surface area contributed by atoms with E-state index in [2.05, 4.69) is 42.0 Å². The molecule has 0 saturated heterocycles. The lowest BCUT2D eigenvalue weighted by Gasteiger charge is -2.20. The second-order valence-corrected chi connectivity index (χ2v) is 9.47. The van der Waals surface area contributed by atoms with Gasteiger partial charge in [0.05, 0.1) is 57.8 Å². The molecule has 13 heteroatoms. The van der Waals surface area contributed by atoms with Crippen LogP contribution in [0.15, 0.2) is 85.6 Å². The number of nitrogens with one attached hydrogen (secondary N) is 2. The van der Waals surface area contributed by atoms with Gasteiger partial charge in [0, 0.05) is 29.5 Å². The Balaban J connectivity index is 1.44. The number of aromatic nitrogens is 6. The Labute approximate surface area is 241 Å². The molecule has 0 unspecified atom stereocenters. The minimum Gasteiger partial charge on any atom is -0.373 e. The van der Waals surface area contributed by atoms with E-state index < -0.39 is 23.6 Å². The van der Waals surface area contributed by atoms with Crippen LogP contribution in [-0.2, 0) is 0 Å². The van der Waals surface area contributed by atoms with E-state index in [0.29, 0.717) is 33.5 Å². The number of hydrogen-bond acceptors (Lipinski definition) is 8. The largest absolute Gasteiger partial charge is 0.373 e. The van der Waals surface area contributed by atoms with Gasteiger partial charge in [-0.15, -0.1) is 5.10 Å². The van der Waals surface area contributed by atoms with Gasteiger partial charge >= 0.3 is 0 Å². The third-order valence-electron chi connectivity index (χ3n) is 6.34. The van der Waals surface area contributed by atoms with E-state index in [1.54, 1.807) is 53.6 Å². The predicted molar refractivity (Wildman–Crippen MR) is 150 cm³/mol. The number of nitrogens with zero attached hydrogens (tertiary/aromatic N) is 7. The molecular formula is C29H17ClF3N9. The van der Waals surface area contributed by atoms with Gasteiger partial charge in [-0.25, -0.2) is 18.4 Å². The Hall–Kier alpha value is -5.54. The van der Waals surface area contributed by atoms with Crippen LogP contribution in [0.1, 0.15) is 22.9 Å². The van der Waals surface area contributed by atoms with E-state index in [4.69, 9.17) is 11.6 Å². The Morgan fingerprint density at radius 1 is 0.952 bits per heavy atom. The van der Waals surface area contributed by atoms with E-state index in [0.717, 1.165) is 12.3 Å². The highest BCUT2D eigenvalue weighted by atomic mass is 35.5. The first-order chi connectivity index (χ1) is 20.4. The highest BCUT2D eigenvalue weighted by Crippen LogP contribution is 2.36. The molecule has 2 aromatic carbocycles. The first-order valence-corrected chi connectivity index (χ1v) is 12.7. The topological polar surface area (TPSA) is 117 Å². The first-order valence-electron chi connectivity index (χ1n) is 12.3. The summed E-state index contributed by atoms with van der Waals surface area (Å²) in [6.45, 7) is 0. The van der Waals surface area contributed by atoms with Gasteiger partial charge in [0.15, 0.2) is 5.82 Å². The zero-order valence-electron chi connectivity index (χ0n) is 21.3. The second-order valence-electron chi connectivity index (χ2n) is 9.06. The summed E-state index contributed by atoms with van der Waals surface area (Å²) >= 11 is 6.64. The van der Waals surface area contributed by atoms with Crippen molar-refractivity contribution in [3.05, 3.63) is 125 Å². The predicted octanol–water partition coefficient (Wildman–Crippen LogP) is 6.49. The van der Waals surface area contributed by atoms with Crippen LogP contribution in [0.5, 0.6) is 0 Å². The minimum absolute atomic E-state index is 0.114. The maximum Gasteiger partial charge on any atom is 0.249 e. The summed E-state index contributed by atoms with van der Waals surface area (Å²) in [6, 6.07) is 15.2. The average Bonchev–Trinajstić information content (AvgIpc) is 3.49. The Kier molecular flexibility index (Phi) is 7.08. The van der Waals surface area contributed by atoms with Crippen molar-refractivity contribution in [2.24, 2.45) is 0 Å². The Morgan fingerprint density at radius 3 is 2.52 bits per heavy atom. The third-order valence-corrected chi connectivity index (χ3v) is 6.63.